The van der Waals surface area contributed by atoms with E-state index in [2.05, 4.69) is 9.72 Å². The first-order valence-corrected chi connectivity index (χ1v) is 3.78. The van der Waals surface area contributed by atoms with E-state index in [9.17, 15) is 9.90 Å². The minimum Gasteiger partial charge on any atom is -0.506 e. The first kappa shape index (κ1) is 9.97. The highest BCUT2D eigenvalue weighted by Crippen LogP contribution is 2.20. The van der Waals surface area contributed by atoms with Crippen molar-refractivity contribution >= 4 is 17.5 Å². The van der Waals surface area contributed by atoms with Crippen LogP contribution in [0, 0.1) is 0 Å². The van der Waals surface area contributed by atoms with Crippen LogP contribution in [0.4, 0.5) is 5.82 Å². The Hall–Kier alpha value is -2.11. The first-order chi connectivity index (χ1) is 6.60. The van der Waals surface area contributed by atoms with Crippen molar-refractivity contribution in [2.45, 2.75) is 0 Å². The standard InChI is InChI=1S/C8H11N3O3/c1-14-8(13)5-2-4(6(12)3-9)7(10)11-5/h2-3,11-12H,9-10H2,1H3/b6-3+. The molecule has 0 aliphatic carbocycles. The number of aliphatic hydroxyl groups is 1. The van der Waals surface area contributed by atoms with Gasteiger partial charge in [0.25, 0.3) is 0 Å². The minimum atomic E-state index is -0.562. The smallest absolute Gasteiger partial charge is 0.354 e. The second kappa shape index (κ2) is 3.73. The molecule has 6 N–H and O–H groups in total. The molecule has 0 saturated carbocycles. The maximum absolute atomic E-state index is 11.0. The zero-order chi connectivity index (χ0) is 10.7. The Balaban J connectivity index is 3.11. The van der Waals surface area contributed by atoms with Gasteiger partial charge in [-0.3, -0.25) is 0 Å². The molecule has 0 saturated heterocycles. The van der Waals surface area contributed by atoms with Crippen molar-refractivity contribution in [3.8, 4) is 0 Å². The van der Waals surface area contributed by atoms with Crippen molar-refractivity contribution < 1.29 is 14.6 Å². The van der Waals surface area contributed by atoms with Gasteiger partial charge in [0.15, 0.2) is 0 Å². The summed E-state index contributed by atoms with van der Waals surface area (Å²) in [4.78, 5) is 13.6. The SMILES string of the molecule is COC(=O)c1cc(/C(O)=C\N)c(N)[nH]1. The molecule has 0 aliphatic heterocycles. The third kappa shape index (κ3) is 1.63. The number of carbonyl (C=O) groups excluding carboxylic acids is 1. The van der Waals surface area contributed by atoms with Gasteiger partial charge in [0.05, 0.1) is 12.7 Å². The number of nitrogens with one attached hydrogen (secondary N) is 1. The van der Waals surface area contributed by atoms with Gasteiger partial charge in [0, 0.05) is 6.20 Å². The lowest BCUT2D eigenvalue weighted by molar-refractivity contribution is 0.0595. The summed E-state index contributed by atoms with van der Waals surface area (Å²) in [6, 6.07) is 1.36. The van der Waals surface area contributed by atoms with Crippen molar-refractivity contribution in [1.82, 2.24) is 4.98 Å². The van der Waals surface area contributed by atoms with E-state index < -0.39 is 5.97 Å². The largest absolute Gasteiger partial charge is 0.506 e. The number of hydrogen-bond donors (Lipinski definition) is 4. The Kier molecular flexibility index (Phi) is 2.66. The van der Waals surface area contributed by atoms with E-state index in [1.54, 1.807) is 0 Å². The number of methoxy groups -OCH3 is 1. The molecule has 0 radical (unpaired) electrons. The predicted octanol–water partition coefficient (Wildman–Crippen LogP) is 0.199. The number of rotatable bonds is 2. The average Bonchev–Trinajstić information content (AvgIpc) is 2.58. The van der Waals surface area contributed by atoms with Crippen LogP contribution in [0.2, 0.25) is 0 Å². The van der Waals surface area contributed by atoms with Crippen LogP contribution >= 0.6 is 0 Å². The minimum absolute atomic E-state index is 0.157. The first-order valence-electron chi connectivity index (χ1n) is 3.78. The predicted molar refractivity (Wildman–Crippen MR) is 51.3 cm³/mol. The van der Waals surface area contributed by atoms with Crippen molar-refractivity contribution in [3.05, 3.63) is 23.5 Å². The monoisotopic (exact) mass is 197 g/mol. The topological polar surface area (TPSA) is 114 Å². The molecule has 0 unspecified atom stereocenters. The number of carbonyl (C=O) groups is 1. The molecule has 0 spiro atoms. The Morgan fingerprint density at radius 3 is 2.86 bits per heavy atom. The Bertz CT molecular complexity index is 381. The summed E-state index contributed by atoms with van der Waals surface area (Å²) < 4.78 is 4.46. The highest BCUT2D eigenvalue weighted by atomic mass is 16.5. The molecular weight excluding hydrogens is 186 g/mol. The molecule has 6 heteroatoms. The molecule has 0 aliphatic rings. The maximum Gasteiger partial charge on any atom is 0.354 e. The van der Waals surface area contributed by atoms with Crippen LogP contribution in [-0.2, 0) is 4.74 Å². The molecule has 1 rings (SSSR count). The van der Waals surface area contributed by atoms with E-state index in [-0.39, 0.29) is 22.8 Å². The highest BCUT2D eigenvalue weighted by molar-refractivity contribution is 5.90. The molecule has 1 aromatic heterocycles. The number of nitrogens with two attached hydrogens (primary N) is 2. The number of esters is 1. The van der Waals surface area contributed by atoms with Gasteiger partial charge < -0.3 is 26.3 Å². The van der Waals surface area contributed by atoms with E-state index in [0.717, 1.165) is 6.20 Å². The molecule has 6 nitrogen and oxygen atoms in total. The molecule has 1 aromatic rings. The van der Waals surface area contributed by atoms with Crippen LogP contribution in [0.5, 0.6) is 0 Å². The van der Waals surface area contributed by atoms with Gasteiger partial charge in [0.2, 0.25) is 0 Å². The summed E-state index contributed by atoms with van der Waals surface area (Å²) in [5, 5.41) is 9.26. The van der Waals surface area contributed by atoms with Gasteiger partial charge in [-0.15, -0.1) is 0 Å². The Morgan fingerprint density at radius 2 is 2.36 bits per heavy atom. The summed E-state index contributed by atoms with van der Waals surface area (Å²) >= 11 is 0. The molecule has 14 heavy (non-hydrogen) atoms. The lowest BCUT2D eigenvalue weighted by Crippen LogP contribution is -2.01. The van der Waals surface area contributed by atoms with E-state index in [1.165, 1.54) is 13.2 Å². The van der Waals surface area contributed by atoms with Gasteiger partial charge in [0.1, 0.15) is 17.3 Å². The molecular formula is C8H11N3O3. The Morgan fingerprint density at radius 1 is 1.71 bits per heavy atom. The Labute approximate surface area is 80.2 Å². The van der Waals surface area contributed by atoms with Crippen molar-refractivity contribution in [1.29, 1.82) is 0 Å². The molecule has 0 bridgehead atoms. The summed E-state index contributed by atoms with van der Waals surface area (Å²) in [5.41, 5.74) is 11.0. The van der Waals surface area contributed by atoms with E-state index in [0.29, 0.717) is 0 Å². The van der Waals surface area contributed by atoms with Crippen LogP contribution in [-0.4, -0.2) is 23.2 Å². The number of ether oxygens (including phenoxy) is 1. The third-order valence-corrected chi connectivity index (χ3v) is 1.69. The van der Waals surface area contributed by atoms with Crippen LogP contribution in [0.3, 0.4) is 0 Å². The second-order valence-corrected chi connectivity index (χ2v) is 2.55. The zero-order valence-electron chi connectivity index (χ0n) is 7.57. The number of nitrogen functional groups attached to an aromatic ring is 1. The number of aromatic amines is 1. The van der Waals surface area contributed by atoms with Gasteiger partial charge in [-0.05, 0) is 6.07 Å². The molecule has 1 heterocycles. The van der Waals surface area contributed by atoms with Crippen LogP contribution in [0.1, 0.15) is 16.1 Å². The van der Waals surface area contributed by atoms with Crippen LogP contribution in [0.15, 0.2) is 12.3 Å². The number of hydrogen-bond acceptors (Lipinski definition) is 5. The summed E-state index contributed by atoms with van der Waals surface area (Å²) in [6.45, 7) is 0. The molecule has 0 atom stereocenters. The van der Waals surface area contributed by atoms with Crippen LogP contribution < -0.4 is 11.5 Å². The molecule has 0 amide bonds. The van der Waals surface area contributed by atoms with Crippen molar-refractivity contribution in [3.63, 3.8) is 0 Å². The van der Waals surface area contributed by atoms with Crippen LogP contribution in [0.25, 0.3) is 5.76 Å². The van der Waals surface area contributed by atoms with Gasteiger partial charge in [-0.1, -0.05) is 0 Å². The maximum atomic E-state index is 11.0. The lowest BCUT2D eigenvalue weighted by atomic mass is 10.2. The third-order valence-electron chi connectivity index (χ3n) is 1.69. The van der Waals surface area contributed by atoms with E-state index in [4.69, 9.17) is 11.5 Å². The summed E-state index contributed by atoms with van der Waals surface area (Å²) in [7, 11) is 1.25. The average molecular weight is 197 g/mol. The molecule has 0 aromatic carbocycles. The second-order valence-electron chi connectivity index (χ2n) is 2.55. The van der Waals surface area contributed by atoms with E-state index >= 15 is 0 Å². The summed E-state index contributed by atoms with van der Waals surface area (Å²) in [6.07, 6.45) is 0.987. The highest BCUT2D eigenvalue weighted by Gasteiger charge is 2.14. The van der Waals surface area contributed by atoms with Gasteiger partial charge >= 0.3 is 5.97 Å². The zero-order valence-corrected chi connectivity index (χ0v) is 7.57. The molecule has 76 valence electrons. The lowest BCUT2D eigenvalue weighted by Gasteiger charge is -1.94. The fourth-order valence-corrected chi connectivity index (χ4v) is 0.992. The van der Waals surface area contributed by atoms with Crippen molar-refractivity contribution in [2.75, 3.05) is 12.8 Å². The normalized spacial score (nSPS) is 11.4. The van der Waals surface area contributed by atoms with Gasteiger partial charge in [-0.2, -0.15) is 0 Å². The quantitative estimate of drug-likeness (QED) is 0.399. The van der Waals surface area contributed by atoms with Gasteiger partial charge in [-0.25, -0.2) is 4.79 Å². The number of H-pyrrole nitrogens is 1. The number of anilines is 1. The fourth-order valence-electron chi connectivity index (χ4n) is 0.992. The van der Waals surface area contributed by atoms with Crippen molar-refractivity contribution in [2.24, 2.45) is 5.73 Å². The number of aromatic nitrogens is 1. The van der Waals surface area contributed by atoms with E-state index in [1.807, 2.05) is 0 Å². The fraction of sp³-hybridized carbons (Fsp3) is 0.125. The molecule has 0 fully saturated rings. The summed E-state index contributed by atoms with van der Waals surface area (Å²) in [5.74, 6) is -0.605. The number of aliphatic hydroxyl groups excluding tert-OH is 1.